The molecule has 0 atom stereocenters. The molecule has 0 radical (unpaired) electrons. The van der Waals surface area contributed by atoms with E-state index >= 15 is 0 Å². The predicted octanol–water partition coefficient (Wildman–Crippen LogP) is 2.73. The van der Waals surface area contributed by atoms with Gasteiger partial charge in [-0.05, 0) is 29.8 Å². The van der Waals surface area contributed by atoms with Crippen LogP contribution in [0.15, 0.2) is 34.9 Å². The van der Waals surface area contributed by atoms with Gasteiger partial charge in [0.15, 0.2) is 5.82 Å². The smallest absolute Gasteiger partial charge is 0.153 e. The summed E-state index contributed by atoms with van der Waals surface area (Å²) >= 11 is 0. The molecule has 0 saturated carbocycles. The molecule has 5 nitrogen and oxygen atoms in total. The first-order valence-electron chi connectivity index (χ1n) is 7.17. The molecule has 2 heterocycles. The summed E-state index contributed by atoms with van der Waals surface area (Å²) in [5.41, 5.74) is 7.83. The van der Waals surface area contributed by atoms with E-state index in [1.165, 1.54) is 6.20 Å². The molecule has 0 saturated heterocycles. The Morgan fingerprint density at radius 1 is 1.30 bits per heavy atom. The lowest BCUT2D eigenvalue weighted by atomic mass is 10.00. The second kappa shape index (κ2) is 6.45. The number of rotatable bonds is 5. The van der Waals surface area contributed by atoms with Crippen molar-refractivity contribution in [1.29, 1.82) is 0 Å². The van der Waals surface area contributed by atoms with E-state index in [2.05, 4.69) is 4.98 Å². The number of benzene rings is 1. The number of pyridine rings is 1. The van der Waals surface area contributed by atoms with Crippen LogP contribution >= 0.6 is 0 Å². The Labute approximate surface area is 132 Å². The van der Waals surface area contributed by atoms with Crippen LogP contribution in [-0.2, 0) is 24.5 Å². The molecule has 2 aromatic heterocycles. The van der Waals surface area contributed by atoms with Gasteiger partial charge in [-0.15, -0.1) is 0 Å². The minimum atomic E-state index is -0.476. The van der Waals surface area contributed by atoms with Gasteiger partial charge in [-0.25, -0.2) is 4.39 Å². The summed E-state index contributed by atoms with van der Waals surface area (Å²) in [5, 5.41) is 10.2. The zero-order valence-electron chi connectivity index (χ0n) is 12.7. The Morgan fingerprint density at radius 2 is 2.13 bits per heavy atom. The van der Waals surface area contributed by atoms with Crippen molar-refractivity contribution in [2.24, 2.45) is 5.73 Å². The number of aliphatic hydroxyl groups excluding tert-OH is 1. The lowest BCUT2D eigenvalue weighted by molar-refractivity contribution is 0.166. The highest BCUT2D eigenvalue weighted by atomic mass is 19.1. The van der Waals surface area contributed by atoms with Gasteiger partial charge >= 0.3 is 0 Å². The zero-order chi connectivity index (χ0) is 16.4. The number of nitrogens with two attached hydrogens (primary N) is 1. The summed E-state index contributed by atoms with van der Waals surface area (Å²) < 4.78 is 25.5. The molecule has 1 aromatic carbocycles. The van der Waals surface area contributed by atoms with Crippen LogP contribution in [0.5, 0.6) is 0 Å². The van der Waals surface area contributed by atoms with Gasteiger partial charge < -0.3 is 20.0 Å². The maximum atomic E-state index is 14.6. The number of hydrogen-bond donors (Lipinski definition) is 2. The molecule has 23 heavy (non-hydrogen) atoms. The van der Waals surface area contributed by atoms with Crippen molar-refractivity contribution in [3.05, 3.63) is 53.3 Å². The number of hydrogen-bond acceptors (Lipinski definition) is 5. The number of fused-ring (bicyclic) bond motifs is 1. The van der Waals surface area contributed by atoms with Crippen LogP contribution in [0.4, 0.5) is 4.39 Å². The molecule has 0 spiro atoms. The summed E-state index contributed by atoms with van der Waals surface area (Å²) in [7, 11) is 1.57. The van der Waals surface area contributed by atoms with Gasteiger partial charge in [0.1, 0.15) is 18.0 Å². The maximum absolute atomic E-state index is 14.6. The van der Waals surface area contributed by atoms with Crippen LogP contribution in [0.1, 0.15) is 17.0 Å². The first-order valence-corrected chi connectivity index (χ1v) is 7.17. The van der Waals surface area contributed by atoms with Crippen molar-refractivity contribution in [3.8, 4) is 11.1 Å². The number of methoxy groups -OCH3 is 1. The third kappa shape index (κ3) is 2.84. The number of aromatic nitrogens is 1. The van der Waals surface area contributed by atoms with Crippen LogP contribution in [0, 0.1) is 5.82 Å². The van der Waals surface area contributed by atoms with Crippen molar-refractivity contribution in [1.82, 2.24) is 4.98 Å². The van der Waals surface area contributed by atoms with E-state index in [1.807, 2.05) is 12.1 Å². The lowest BCUT2D eigenvalue weighted by Crippen LogP contribution is -2.04. The number of ether oxygens (including phenoxy) is 1. The monoisotopic (exact) mass is 316 g/mol. The highest BCUT2D eigenvalue weighted by Gasteiger charge is 2.17. The Morgan fingerprint density at radius 3 is 2.83 bits per heavy atom. The highest BCUT2D eigenvalue weighted by molar-refractivity contribution is 5.93. The molecular weight excluding hydrogens is 299 g/mol. The molecule has 3 rings (SSSR count). The third-order valence-electron chi connectivity index (χ3n) is 3.64. The fourth-order valence-corrected chi connectivity index (χ4v) is 2.61. The second-order valence-electron chi connectivity index (χ2n) is 5.19. The van der Waals surface area contributed by atoms with Crippen LogP contribution < -0.4 is 5.73 Å². The van der Waals surface area contributed by atoms with E-state index in [0.717, 1.165) is 5.39 Å². The van der Waals surface area contributed by atoms with Gasteiger partial charge in [0, 0.05) is 36.4 Å². The van der Waals surface area contributed by atoms with Crippen LogP contribution in [0.2, 0.25) is 0 Å². The zero-order valence-corrected chi connectivity index (χ0v) is 12.7. The summed E-state index contributed by atoms with van der Waals surface area (Å²) in [4.78, 5) is 3.94. The molecule has 0 fully saturated rings. The van der Waals surface area contributed by atoms with E-state index in [-0.39, 0.29) is 18.8 Å². The molecule has 0 aliphatic heterocycles. The van der Waals surface area contributed by atoms with Crippen LogP contribution in [0.3, 0.4) is 0 Å². The van der Waals surface area contributed by atoms with Crippen molar-refractivity contribution in [2.75, 3.05) is 7.11 Å². The van der Waals surface area contributed by atoms with E-state index in [1.54, 1.807) is 19.2 Å². The Hall–Kier alpha value is -2.28. The molecule has 0 bridgehead atoms. The predicted molar refractivity (Wildman–Crippen MR) is 83.9 cm³/mol. The van der Waals surface area contributed by atoms with Gasteiger partial charge in [0.05, 0.1) is 12.3 Å². The van der Waals surface area contributed by atoms with Gasteiger partial charge in [0.2, 0.25) is 0 Å². The van der Waals surface area contributed by atoms with E-state index in [9.17, 15) is 9.50 Å². The number of halogens is 1. The summed E-state index contributed by atoms with van der Waals surface area (Å²) in [6.07, 6.45) is 1.51. The topological polar surface area (TPSA) is 81.5 Å². The standard InChI is InChI=1S/C17H17FN2O3/c1-22-9-12-6-11-4-10(8-21)5-14(17(11)23-12)13-2-3-20-15(7-19)16(13)18/h2-6,21H,7-9,19H2,1H3. The Bertz CT molecular complexity index is 845. The van der Waals surface area contributed by atoms with E-state index < -0.39 is 5.82 Å². The molecule has 3 aromatic rings. The molecule has 0 amide bonds. The number of aliphatic hydroxyl groups is 1. The molecule has 0 aliphatic carbocycles. The van der Waals surface area contributed by atoms with Gasteiger partial charge in [-0.2, -0.15) is 0 Å². The average Bonchev–Trinajstić information content (AvgIpc) is 2.97. The maximum Gasteiger partial charge on any atom is 0.153 e. The molecular formula is C17H17FN2O3. The molecule has 0 unspecified atom stereocenters. The largest absolute Gasteiger partial charge is 0.458 e. The molecule has 6 heteroatoms. The minimum absolute atomic E-state index is 0.00951. The first-order chi connectivity index (χ1) is 11.2. The van der Waals surface area contributed by atoms with Crippen molar-refractivity contribution in [3.63, 3.8) is 0 Å². The molecule has 3 N–H and O–H groups in total. The SMILES string of the molecule is COCc1cc2cc(CO)cc(-c3ccnc(CN)c3F)c2o1. The fraction of sp³-hybridized carbons (Fsp3) is 0.235. The van der Waals surface area contributed by atoms with Gasteiger partial charge in [-0.1, -0.05) is 0 Å². The summed E-state index contributed by atoms with van der Waals surface area (Å²) in [6.45, 7) is 0.176. The number of nitrogens with zero attached hydrogens (tertiary/aromatic N) is 1. The average molecular weight is 316 g/mol. The van der Waals surface area contributed by atoms with Crippen molar-refractivity contribution >= 4 is 11.0 Å². The van der Waals surface area contributed by atoms with Crippen LogP contribution in [0.25, 0.3) is 22.1 Å². The van der Waals surface area contributed by atoms with Crippen molar-refractivity contribution in [2.45, 2.75) is 19.8 Å². The van der Waals surface area contributed by atoms with Crippen molar-refractivity contribution < 1.29 is 18.7 Å². The second-order valence-corrected chi connectivity index (χ2v) is 5.19. The number of furan rings is 1. The first kappa shape index (κ1) is 15.6. The van der Waals surface area contributed by atoms with Gasteiger partial charge in [-0.3, -0.25) is 4.98 Å². The molecule has 0 aliphatic rings. The van der Waals surface area contributed by atoms with E-state index in [0.29, 0.717) is 34.6 Å². The summed E-state index contributed by atoms with van der Waals surface area (Å²) in [5.74, 6) is 0.156. The van der Waals surface area contributed by atoms with E-state index in [4.69, 9.17) is 14.9 Å². The highest BCUT2D eigenvalue weighted by Crippen LogP contribution is 2.34. The van der Waals surface area contributed by atoms with Gasteiger partial charge in [0.25, 0.3) is 0 Å². The summed E-state index contributed by atoms with van der Waals surface area (Å²) in [6, 6.07) is 6.92. The fourth-order valence-electron chi connectivity index (χ4n) is 2.61. The lowest BCUT2D eigenvalue weighted by Gasteiger charge is -2.09. The quantitative estimate of drug-likeness (QED) is 0.756. The third-order valence-corrected chi connectivity index (χ3v) is 3.64. The minimum Gasteiger partial charge on any atom is -0.458 e. The normalized spacial score (nSPS) is 11.3. The Kier molecular flexibility index (Phi) is 4.38. The Balaban J connectivity index is 2.27. The van der Waals surface area contributed by atoms with Crippen LogP contribution in [-0.4, -0.2) is 17.2 Å². The molecule has 120 valence electrons.